The van der Waals surface area contributed by atoms with E-state index in [2.05, 4.69) is 36.5 Å². The minimum absolute atomic E-state index is 1.08. The number of aromatic nitrogens is 1. The summed E-state index contributed by atoms with van der Waals surface area (Å²) in [4.78, 5) is 4.88. The monoisotopic (exact) mass is 268 g/mol. The number of hydrogen-bond donors (Lipinski definition) is 1. The Balaban J connectivity index is 1.97. The van der Waals surface area contributed by atoms with Gasteiger partial charge in [-0.2, -0.15) is 0 Å². The van der Waals surface area contributed by atoms with E-state index in [0.717, 1.165) is 18.5 Å². The van der Waals surface area contributed by atoms with Crippen LogP contribution in [0.3, 0.4) is 0 Å². The Labute approximate surface area is 121 Å². The summed E-state index contributed by atoms with van der Waals surface area (Å²) in [5.41, 5.74) is 5.31. The number of pyridine rings is 1. The molecule has 1 aliphatic carbocycles. The molecule has 0 aliphatic heterocycles. The van der Waals surface area contributed by atoms with E-state index < -0.39 is 0 Å². The third-order valence-electron chi connectivity index (χ3n) is 4.25. The number of aryl methyl sites for hydroxylation is 1. The van der Waals surface area contributed by atoms with Crippen LogP contribution in [0.5, 0.6) is 0 Å². The van der Waals surface area contributed by atoms with Gasteiger partial charge in [0.25, 0.3) is 0 Å². The van der Waals surface area contributed by atoms with Crippen LogP contribution in [0.4, 0.5) is 5.69 Å². The molecule has 1 heterocycles. The molecular weight excluding hydrogens is 244 g/mol. The van der Waals surface area contributed by atoms with Gasteiger partial charge < -0.3 is 5.32 Å². The second-order valence-electron chi connectivity index (χ2n) is 5.77. The molecule has 0 spiro atoms. The van der Waals surface area contributed by atoms with Gasteiger partial charge in [0.15, 0.2) is 0 Å². The molecule has 0 saturated carbocycles. The van der Waals surface area contributed by atoms with Crippen molar-refractivity contribution in [2.24, 2.45) is 0 Å². The summed E-state index contributed by atoms with van der Waals surface area (Å²) in [6.07, 6.45) is 8.74. The summed E-state index contributed by atoms with van der Waals surface area (Å²) in [5, 5.41) is 5.01. The third kappa shape index (κ3) is 2.65. The van der Waals surface area contributed by atoms with Gasteiger partial charge in [-0.15, -0.1) is 0 Å². The number of para-hydroxylation sites is 1. The van der Waals surface area contributed by atoms with E-state index in [-0.39, 0.29) is 0 Å². The van der Waals surface area contributed by atoms with Gasteiger partial charge >= 0.3 is 0 Å². The van der Waals surface area contributed by atoms with Gasteiger partial charge in [-0.05, 0) is 43.7 Å². The number of hydrogen-bond acceptors (Lipinski definition) is 2. The molecular formula is C18H24N2. The molecule has 3 rings (SSSR count). The summed E-state index contributed by atoms with van der Waals surface area (Å²) in [5.74, 6) is 0. The molecule has 106 valence electrons. The highest BCUT2D eigenvalue weighted by Crippen LogP contribution is 2.33. The number of benzene rings is 1. The zero-order chi connectivity index (χ0) is 13.8. The molecule has 1 aromatic heterocycles. The summed E-state index contributed by atoms with van der Waals surface area (Å²) in [7, 11) is 0. The zero-order valence-corrected chi connectivity index (χ0v) is 12.4. The molecule has 20 heavy (non-hydrogen) atoms. The maximum Gasteiger partial charge on any atom is 0.0726 e. The van der Waals surface area contributed by atoms with Crippen molar-refractivity contribution < 1.29 is 0 Å². The molecule has 2 heteroatoms. The predicted molar refractivity (Wildman–Crippen MR) is 86.4 cm³/mol. The van der Waals surface area contributed by atoms with E-state index in [9.17, 15) is 0 Å². The van der Waals surface area contributed by atoms with E-state index in [0.29, 0.717) is 0 Å². The minimum atomic E-state index is 1.08. The van der Waals surface area contributed by atoms with Crippen LogP contribution >= 0.6 is 0 Å². The number of anilines is 1. The second kappa shape index (κ2) is 6.25. The van der Waals surface area contributed by atoms with Crippen molar-refractivity contribution in [3.63, 3.8) is 0 Å². The van der Waals surface area contributed by atoms with Gasteiger partial charge in [0.05, 0.1) is 5.52 Å². The van der Waals surface area contributed by atoms with Gasteiger partial charge in [0.2, 0.25) is 0 Å². The van der Waals surface area contributed by atoms with Crippen LogP contribution in [0, 0.1) is 0 Å². The molecule has 0 fully saturated rings. The molecule has 0 amide bonds. The predicted octanol–water partition coefficient (Wildman–Crippen LogP) is 4.72. The van der Waals surface area contributed by atoms with Crippen LogP contribution in [0.25, 0.3) is 10.9 Å². The standard InChI is InChI=1S/C18H24N2/c1-2-3-8-13-19-18-14-9-4-6-11-16(14)20-17-12-7-5-10-15(17)18/h4,6,9,11H,2-3,5,7-8,10,12-13H2,1H3,(H,19,20). The zero-order valence-electron chi connectivity index (χ0n) is 12.4. The van der Waals surface area contributed by atoms with Crippen molar-refractivity contribution in [3.05, 3.63) is 35.5 Å². The number of unbranched alkanes of at least 4 members (excludes halogenated alkanes) is 2. The van der Waals surface area contributed by atoms with E-state index in [1.54, 1.807) is 0 Å². The van der Waals surface area contributed by atoms with E-state index in [1.165, 1.54) is 60.9 Å². The first-order valence-corrected chi connectivity index (χ1v) is 8.04. The van der Waals surface area contributed by atoms with Gasteiger partial charge in [-0.1, -0.05) is 38.0 Å². The molecule has 1 aromatic carbocycles. The van der Waals surface area contributed by atoms with Gasteiger partial charge in [-0.25, -0.2) is 0 Å². The average molecular weight is 268 g/mol. The Morgan fingerprint density at radius 1 is 1.10 bits per heavy atom. The lowest BCUT2D eigenvalue weighted by atomic mass is 9.92. The fourth-order valence-electron chi connectivity index (χ4n) is 3.16. The van der Waals surface area contributed by atoms with Crippen LogP contribution in [-0.2, 0) is 12.8 Å². The molecule has 0 atom stereocenters. The van der Waals surface area contributed by atoms with Crippen molar-refractivity contribution in [1.82, 2.24) is 4.98 Å². The van der Waals surface area contributed by atoms with E-state index in [1.807, 2.05) is 0 Å². The summed E-state index contributed by atoms with van der Waals surface area (Å²) < 4.78 is 0. The Bertz CT molecular complexity index is 589. The average Bonchev–Trinajstić information content (AvgIpc) is 2.50. The van der Waals surface area contributed by atoms with Gasteiger partial charge in [0, 0.05) is 23.3 Å². The molecule has 0 bridgehead atoms. The van der Waals surface area contributed by atoms with Crippen LogP contribution in [0.2, 0.25) is 0 Å². The molecule has 0 saturated heterocycles. The fourth-order valence-corrected chi connectivity index (χ4v) is 3.16. The number of nitrogens with zero attached hydrogens (tertiary/aromatic N) is 1. The number of rotatable bonds is 5. The summed E-state index contributed by atoms with van der Waals surface area (Å²) in [6, 6.07) is 8.56. The van der Waals surface area contributed by atoms with Crippen molar-refractivity contribution >= 4 is 16.6 Å². The number of fused-ring (bicyclic) bond motifs is 2. The molecule has 2 nitrogen and oxygen atoms in total. The molecule has 2 aromatic rings. The quantitative estimate of drug-likeness (QED) is 0.794. The topological polar surface area (TPSA) is 24.9 Å². The third-order valence-corrected chi connectivity index (χ3v) is 4.25. The first kappa shape index (κ1) is 13.4. The lowest BCUT2D eigenvalue weighted by Gasteiger charge is -2.21. The SMILES string of the molecule is CCCCCNc1c2c(nc3ccccc13)CCCC2. The normalized spacial score (nSPS) is 14.2. The molecule has 1 N–H and O–H groups in total. The van der Waals surface area contributed by atoms with Crippen molar-refractivity contribution in [1.29, 1.82) is 0 Å². The maximum absolute atomic E-state index is 4.88. The van der Waals surface area contributed by atoms with E-state index >= 15 is 0 Å². The highest BCUT2D eigenvalue weighted by Gasteiger charge is 2.17. The Morgan fingerprint density at radius 2 is 1.95 bits per heavy atom. The van der Waals surface area contributed by atoms with Crippen LogP contribution < -0.4 is 5.32 Å². The van der Waals surface area contributed by atoms with Crippen molar-refractivity contribution in [2.45, 2.75) is 51.9 Å². The van der Waals surface area contributed by atoms with Gasteiger partial charge in [0.1, 0.15) is 0 Å². The lowest BCUT2D eigenvalue weighted by Crippen LogP contribution is -2.12. The largest absolute Gasteiger partial charge is 0.384 e. The first-order chi connectivity index (χ1) is 9.90. The van der Waals surface area contributed by atoms with Crippen LogP contribution in [0.1, 0.15) is 50.3 Å². The maximum atomic E-state index is 4.88. The second-order valence-corrected chi connectivity index (χ2v) is 5.77. The molecule has 0 unspecified atom stereocenters. The fraction of sp³-hybridized carbons (Fsp3) is 0.500. The highest BCUT2D eigenvalue weighted by atomic mass is 14.9. The van der Waals surface area contributed by atoms with E-state index in [4.69, 9.17) is 4.98 Å². The van der Waals surface area contributed by atoms with Crippen molar-refractivity contribution in [2.75, 3.05) is 11.9 Å². The molecule has 1 aliphatic rings. The van der Waals surface area contributed by atoms with Gasteiger partial charge in [-0.3, -0.25) is 4.98 Å². The Hall–Kier alpha value is -1.57. The molecule has 0 radical (unpaired) electrons. The Kier molecular flexibility index (Phi) is 4.19. The smallest absolute Gasteiger partial charge is 0.0726 e. The van der Waals surface area contributed by atoms with Crippen LogP contribution in [-0.4, -0.2) is 11.5 Å². The first-order valence-electron chi connectivity index (χ1n) is 8.04. The minimum Gasteiger partial charge on any atom is -0.384 e. The van der Waals surface area contributed by atoms with Crippen LogP contribution in [0.15, 0.2) is 24.3 Å². The number of nitrogens with one attached hydrogen (secondary N) is 1. The summed E-state index contributed by atoms with van der Waals surface area (Å²) >= 11 is 0. The lowest BCUT2D eigenvalue weighted by molar-refractivity contribution is 0.671. The Morgan fingerprint density at radius 3 is 2.85 bits per heavy atom. The summed E-state index contributed by atoms with van der Waals surface area (Å²) in [6.45, 7) is 3.33. The van der Waals surface area contributed by atoms with Crippen molar-refractivity contribution in [3.8, 4) is 0 Å². The highest BCUT2D eigenvalue weighted by molar-refractivity contribution is 5.93.